The van der Waals surface area contributed by atoms with E-state index in [0.717, 1.165) is 28.1 Å². The maximum absolute atomic E-state index is 11.4. The molecule has 16 heavy (non-hydrogen) atoms. The molecule has 0 saturated heterocycles. The molecule has 2 rings (SSSR count). The average Bonchev–Trinajstić information content (AvgIpc) is 2.15. The zero-order valence-corrected chi connectivity index (χ0v) is 9.37. The van der Waals surface area contributed by atoms with Crippen LogP contribution in [-0.2, 0) is 0 Å². The van der Waals surface area contributed by atoms with Gasteiger partial charge in [-0.05, 0) is 48.7 Å². The second kappa shape index (κ2) is 3.85. The van der Waals surface area contributed by atoms with Gasteiger partial charge in [-0.15, -0.1) is 0 Å². The Balaban J connectivity index is 2.63. The minimum absolute atomic E-state index is 0.0776. The summed E-state index contributed by atoms with van der Waals surface area (Å²) in [5, 5.41) is 0. The molecule has 3 nitrogen and oxygen atoms in total. The zero-order valence-electron chi connectivity index (χ0n) is 9.37. The number of hydrogen-bond donors (Lipinski definition) is 2. The van der Waals surface area contributed by atoms with Crippen molar-refractivity contribution in [3.05, 3.63) is 51.9 Å². The number of pyridine rings is 1. The minimum Gasteiger partial charge on any atom is -0.399 e. The van der Waals surface area contributed by atoms with E-state index in [9.17, 15) is 4.79 Å². The summed E-state index contributed by atoms with van der Waals surface area (Å²) in [4.78, 5) is 14.1. The van der Waals surface area contributed by atoms with Gasteiger partial charge in [-0.3, -0.25) is 4.79 Å². The molecule has 0 unspecified atom stereocenters. The number of aromatic nitrogens is 1. The Morgan fingerprint density at radius 3 is 2.50 bits per heavy atom. The fourth-order valence-electron chi connectivity index (χ4n) is 1.85. The lowest BCUT2D eigenvalue weighted by Gasteiger charge is -2.07. The van der Waals surface area contributed by atoms with E-state index in [1.54, 1.807) is 6.07 Å². The van der Waals surface area contributed by atoms with Gasteiger partial charge in [0.2, 0.25) is 5.56 Å². The molecule has 0 aliphatic heterocycles. The molecular weight excluding hydrogens is 200 g/mol. The summed E-state index contributed by atoms with van der Waals surface area (Å²) < 4.78 is 0. The summed E-state index contributed by atoms with van der Waals surface area (Å²) in [5.41, 5.74) is 10.3. The van der Waals surface area contributed by atoms with Crippen LogP contribution in [0, 0.1) is 13.8 Å². The number of nitrogen functional groups attached to an aromatic ring is 1. The number of nitrogens with two attached hydrogens (primary N) is 1. The van der Waals surface area contributed by atoms with Crippen molar-refractivity contribution in [2.24, 2.45) is 0 Å². The number of nitrogens with one attached hydrogen (secondary N) is 1. The van der Waals surface area contributed by atoms with Gasteiger partial charge in [-0.1, -0.05) is 6.07 Å². The van der Waals surface area contributed by atoms with Crippen molar-refractivity contribution in [2.45, 2.75) is 13.8 Å². The van der Waals surface area contributed by atoms with E-state index in [2.05, 4.69) is 4.98 Å². The molecule has 82 valence electrons. The summed E-state index contributed by atoms with van der Waals surface area (Å²) in [6.45, 7) is 3.86. The molecule has 0 saturated carbocycles. The fourth-order valence-corrected chi connectivity index (χ4v) is 1.85. The molecule has 0 radical (unpaired) electrons. The molecule has 3 heteroatoms. The van der Waals surface area contributed by atoms with Crippen LogP contribution < -0.4 is 11.3 Å². The third-order valence-corrected chi connectivity index (χ3v) is 2.54. The highest BCUT2D eigenvalue weighted by molar-refractivity contribution is 5.69. The van der Waals surface area contributed by atoms with Crippen LogP contribution in [0.25, 0.3) is 11.1 Å². The molecular formula is C13H14N2O. The lowest BCUT2D eigenvalue weighted by molar-refractivity contribution is 1.14. The normalized spacial score (nSPS) is 10.4. The van der Waals surface area contributed by atoms with Gasteiger partial charge in [0.25, 0.3) is 0 Å². The summed E-state index contributed by atoms with van der Waals surface area (Å²) >= 11 is 0. The van der Waals surface area contributed by atoms with E-state index in [0.29, 0.717) is 0 Å². The monoisotopic (exact) mass is 214 g/mol. The SMILES string of the molecule is Cc1cc(-c2ccc(N)cc2C)cc(=O)[nH]1. The van der Waals surface area contributed by atoms with E-state index in [4.69, 9.17) is 5.73 Å². The first-order chi connectivity index (χ1) is 7.56. The number of H-pyrrole nitrogens is 1. The summed E-state index contributed by atoms with van der Waals surface area (Å²) in [6, 6.07) is 9.26. The topological polar surface area (TPSA) is 58.9 Å². The van der Waals surface area contributed by atoms with Crippen molar-refractivity contribution in [1.82, 2.24) is 4.98 Å². The zero-order chi connectivity index (χ0) is 11.7. The van der Waals surface area contributed by atoms with Gasteiger partial charge in [0.05, 0.1) is 0 Å². The number of benzene rings is 1. The number of aryl methyl sites for hydroxylation is 2. The number of hydrogen-bond acceptors (Lipinski definition) is 2. The van der Waals surface area contributed by atoms with Gasteiger partial charge < -0.3 is 10.7 Å². The quantitative estimate of drug-likeness (QED) is 0.715. The molecule has 0 spiro atoms. The third-order valence-electron chi connectivity index (χ3n) is 2.54. The lowest BCUT2D eigenvalue weighted by Crippen LogP contribution is -2.05. The van der Waals surface area contributed by atoms with Crippen molar-refractivity contribution in [1.29, 1.82) is 0 Å². The largest absolute Gasteiger partial charge is 0.399 e. The smallest absolute Gasteiger partial charge is 0.248 e. The maximum Gasteiger partial charge on any atom is 0.248 e. The first-order valence-corrected chi connectivity index (χ1v) is 5.14. The molecule has 2 aromatic rings. The van der Waals surface area contributed by atoms with Gasteiger partial charge >= 0.3 is 0 Å². The Morgan fingerprint density at radius 2 is 1.88 bits per heavy atom. The van der Waals surface area contributed by atoms with Crippen molar-refractivity contribution < 1.29 is 0 Å². The van der Waals surface area contributed by atoms with Crippen LogP contribution in [0.3, 0.4) is 0 Å². The molecule has 0 aliphatic carbocycles. The summed E-state index contributed by atoms with van der Waals surface area (Å²) in [5.74, 6) is 0. The van der Waals surface area contributed by atoms with Crippen molar-refractivity contribution in [3.63, 3.8) is 0 Å². The highest BCUT2D eigenvalue weighted by atomic mass is 16.1. The first kappa shape index (κ1) is 10.5. The predicted octanol–water partition coefficient (Wildman–Crippen LogP) is 2.24. The lowest BCUT2D eigenvalue weighted by atomic mass is 10.0. The first-order valence-electron chi connectivity index (χ1n) is 5.14. The van der Waals surface area contributed by atoms with Crippen LogP contribution in [0.4, 0.5) is 5.69 Å². The number of anilines is 1. The van der Waals surface area contributed by atoms with Gasteiger partial charge in [0.15, 0.2) is 0 Å². The van der Waals surface area contributed by atoms with Crippen LogP contribution in [-0.4, -0.2) is 4.98 Å². The van der Waals surface area contributed by atoms with Gasteiger partial charge in [0, 0.05) is 17.4 Å². The van der Waals surface area contributed by atoms with E-state index in [-0.39, 0.29) is 5.56 Å². The third kappa shape index (κ3) is 1.98. The highest BCUT2D eigenvalue weighted by Gasteiger charge is 2.03. The van der Waals surface area contributed by atoms with Gasteiger partial charge in [0.1, 0.15) is 0 Å². The van der Waals surface area contributed by atoms with E-state index >= 15 is 0 Å². The second-order valence-electron chi connectivity index (χ2n) is 3.99. The van der Waals surface area contributed by atoms with Crippen molar-refractivity contribution >= 4 is 5.69 Å². The Bertz CT molecular complexity index is 585. The van der Waals surface area contributed by atoms with E-state index in [1.165, 1.54) is 0 Å². The number of aromatic amines is 1. The molecule has 0 fully saturated rings. The molecule has 1 aromatic carbocycles. The second-order valence-corrected chi connectivity index (χ2v) is 3.99. The van der Waals surface area contributed by atoms with Gasteiger partial charge in [-0.25, -0.2) is 0 Å². The standard InChI is InChI=1S/C13H14N2O/c1-8-5-11(14)3-4-12(8)10-6-9(2)15-13(16)7-10/h3-7H,14H2,1-2H3,(H,15,16). The van der Waals surface area contributed by atoms with Crippen molar-refractivity contribution in [3.8, 4) is 11.1 Å². The van der Waals surface area contributed by atoms with Crippen LogP contribution in [0.15, 0.2) is 35.1 Å². The van der Waals surface area contributed by atoms with E-state index in [1.807, 2.05) is 38.1 Å². The fraction of sp³-hybridized carbons (Fsp3) is 0.154. The van der Waals surface area contributed by atoms with Crippen LogP contribution in [0.1, 0.15) is 11.3 Å². The summed E-state index contributed by atoms with van der Waals surface area (Å²) in [6.07, 6.45) is 0. The predicted molar refractivity (Wildman–Crippen MR) is 66.4 cm³/mol. The molecule has 0 atom stereocenters. The Morgan fingerprint density at radius 1 is 1.12 bits per heavy atom. The average molecular weight is 214 g/mol. The van der Waals surface area contributed by atoms with Crippen LogP contribution in [0.2, 0.25) is 0 Å². The summed E-state index contributed by atoms with van der Waals surface area (Å²) in [7, 11) is 0. The van der Waals surface area contributed by atoms with Crippen molar-refractivity contribution in [2.75, 3.05) is 5.73 Å². The number of rotatable bonds is 1. The molecule has 1 aromatic heterocycles. The highest BCUT2D eigenvalue weighted by Crippen LogP contribution is 2.24. The maximum atomic E-state index is 11.4. The van der Waals surface area contributed by atoms with E-state index < -0.39 is 0 Å². The molecule has 3 N–H and O–H groups in total. The van der Waals surface area contributed by atoms with Crippen LogP contribution >= 0.6 is 0 Å². The minimum atomic E-state index is -0.0776. The Kier molecular flexibility index (Phi) is 2.52. The molecule has 0 bridgehead atoms. The Hall–Kier alpha value is -2.03. The van der Waals surface area contributed by atoms with Gasteiger partial charge in [-0.2, -0.15) is 0 Å². The van der Waals surface area contributed by atoms with Crippen LogP contribution in [0.5, 0.6) is 0 Å². The molecule has 1 heterocycles. The molecule has 0 amide bonds. The Labute approximate surface area is 93.9 Å². The molecule has 0 aliphatic rings.